The van der Waals surface area contributed by atoms with Crippen LogP contribution in [0, 0.1) is 12.7 Å². The first-order valence-electron chi connectivity index (χ1n) is 10.3. The highest BCUT2D eigenvalue weighted by Crippen LogP contribution is 2.38. The van der Waals surface area contributed by atoms with Crippen LogP contribution in [-0.4, -0.2) is 5.78 Å². The summed E-state index contributed by atoms with van der Waals surface area (Å²) in [4.78, 5) is 12.9. The van der Waals surface area contributed by atoms with E-state index in [-0.39, 0.29) is 17.0 Å². The van der Waals surface area contributed by atoms with Crippen LogP contribution < -0.4 is 9.47 Å². The zero-order valence-electron chi connectivity index (χ0n) is 18.2. The van der Waals surface area contributed by atoms with Crippen LogP contribution in [0.15, 0.2) is 66.4 Å². The number of carbonyl (C=O) groups excluding carboxylic acids is 1. The summed E-state index contributed by atoms with van der Waals surface area (Å²) in [6, 6.07) is 17.9. The fraction of sp³-hybridized carbons (Fsp3) is 0.222. The van der Waals surface area contributed by atoms with E-state index in [9.17, 15) is 9.18 Å². The van der Waals surface area contributed by atoms with E-state index < -0.39 is 0 Å². The fourth-order valence-electron chi connectivity index (χ4n) is 3.54. The number of rotatable bonds is 4. The number of benzene rings is 3. The molecule has 31 heavy (non-hydrogen) atoms. The van der Waals surface area contributed by atoms with Gasteiger partial charge in [0.1, 0.15) is 23.9 Å². The van der Waals surface area contributed by atoms with Gasteiger partial charge in [0.15, 0.2) is 5.76 Å². The third-order valence-corrected chi connectivity index (χ3v) is 5.34. The highest BCUT2D eigenvalue weighted by Gasteiger charge is 2.30. The van der Waals surface area contributed by atoms with Crippen LogP contribution >= 0.6 is 0 Å². The first-order chi connectivity index (χ1) is 14.7. The van der Waals surface area contributed by atoms with E-state index in [1.807, 2.05) is 25.1 Å². The Hall–Kier alpha value is -3.40. The summed E-state index contributed by atoms with van der Waals surface area (Å²) in [5.41, 5.74) is 4.43. The first-order valence-corrected chi connectivity index (χ1v) is 10.3. The average molecular weight is 416 g/mol. The van der Waals surface area contributed by atoms with Gasteiger partial charge >= 0.3 is 0 Å². The molecule has 0 saturated heterocycles. The zero-order valence-corrected chi connectivity index (χ0v) is 18.2. The second-order valence-corrected chi connectivity index (χ2v) is 8.84. The minimum atomic E-state index is -0.281. The maximum absolute atomic E-state index is 13.1. The van der Waals surface area contributed by atoms with E-state index in [1.165, 1.54) is 17.7 Å². The number of Topliss-reactive ketones (excluding diaryl/α,β-unsaturated/α-hetero) is 1. The van der Waals surface area contributed by atoms with Gasteiger partial charge < -0.3 is 9.47 Å². The van der Waals surface area contributed by atoms with Crippen LogP contribution in [0.3, 0.4) is 0 Å². The van der Waals surface area contributed by atoms with Crippen molar-refractivity contribution in [1.82, 2.24) is 0 Å². The van der Waals surface area contributed by atoms with Crippen molar-refractivity contribution in [2.24, 2.45) is 0 Å². The zero-order chi connectivity index (χ0) is 22.2. The van der Waals surface area contributed by atoms with Crippen molar-refractivity contribution in [3.63, 3.8) is 0 Å². The third kappa shape index (κ3) is 4.53. The monoisotopic (exact) mass is 416 g/mol. The number of ketones is 1. The Labute approximate surface area is 182 Å². The standard InChI is InChI=1S/C27H25FO3/c1-17-13-22(30-16-19-7-11-21(28)12-8-19)15-23-25(17)26(29)24(31-23)14-18-5-9-20(10-6-18)27(2,3)4/h5-15H,16H2,1-4H3/b24-14-. The molecule has 3 aromatic carbocycles. The Kier molecular flexibility index (Phi) is 5.40. The lowest BCUT2D eigenvalue weighted by Crippen LogP contribution is -2.10. The van der Waals surface area contributed by atoms with Crippen molar-refractivity contribution in [3.05, 3.63) is 100 Å². The molecule has 0 bridgehead atoms. The second-order valence-electron chi connectivity index (χ2n) is 8.84. The molecule has 0 aliphatic carbocycles. The van der Waals surface area contributed by atoms with Crippen LogP contribution in [0.1, 0.15) is 53.4 Å². The molecule has 0 N–H and O–H groups in total. The molecule has 0 aromatic heterocycles. The van der Waals surface area contributed by atoms with Crippen molar-refractivity contribution in [2.75, 3.05) is 0 Å². The van der Waals surface area contributed by atoms with Crippen molar-refractivity contribution >= 4 is 11.9 Å². The molecule has 0 spiro atoms. The van der Waals surface area contributed by atoms with Crippen molar-refractivity contribution in [3.8, 4) is 11.5 Å². The van der Waals surface area contributed by atoms with Crippen molar-refractivity contribution in [2.45, 2.75) is 39.7 Å². The lowest BCUT2D eigenvalue weighted by atomic mass is 9.86. The van der Waals surface area contributed by atoms with Gasteiger partial charge in [-0.05, 0) is 58.9 Å². The molecule has 1 aliphatic rings. The van der Waals surface area contributed by atoms with Crippen LogP contribution in [-0.2, 0) is 12.0 Å². The van der Waals surface area contributed by atoms with Gasteiger partial charge in [-0.25, -0.2) is 4.39 Å². The van der Waals surface area contributed by atoms with Crippen LogP contribution in [0.25, 0.3) is 6.08 Å². The minimum absolute atomic E-state index is 0.0724. The molecule has 4 heteroatoms. The second kappa shape index (κ2) is 8.03. The molecule has 0 radical (unpaired) electrons. The maximum Gasteiger partial charge on any atom is 0.232 e. The van der Waals surface area contributed by atoms with Gasteiger partial charge in [0.25, 0.3) is 0 Å². The van der Waals surface area contributed by atoms with Gasteiger partial charge in [-0.3, -0.25) is 4.79 Å². The molecule has 1 aliphatic heterocycles. The minimum Gasteiger partial charge on any atom is -0.489 e. The van der Waals surface area contributed by atoms with E-state index >= 15 is 0 Å². The fourth-order valence-corrected chi connectivity index (χ4v) is 3.54. The lowest BCUT2D eigenvalue weighted by Gasteiger charge is -2.18. The number of hydrogen-bond donors (Lipinski definition) is 0. The van der Waals surface area contributed by atoms with Gasteiger partial charge in [-0.2, -0.15) is 0 Å². The van der Waals surface area contributed by atoms with E-state index in [0.717, 1.165) is 16.7 Å². The van der Waals surface area contributed by atoms with E-state index in [2.05, 4.69) is 32.9 Å². The Balaban J connectivity index is 1.53. The quantitative estimate of drug-likeness (QED) is 0.448. The molecule has 0 saturated carbocycles. The smallest absolute Gasteiger partial charge is 0.232 e. The number of ether oxygens (including phenoxy) is 2. The SMILES string of the molecule is Cc1cc(OCc2ccc(F)cc2)cc2c1C(=O)/C(=C/c1ccc(C(C)(C)C)cc1)O2. The van der Waals surface area contributed by atoms with Gasteiger partial charge in [0.05, 0.1) is 5.56 Å². The Bertz CT molecular complexity index is 1150. The normalized spacial score (nSPS) is 14.5. The van der Waals surface area contributed by atoms with E-state index in [4.69, 9.17) is 9.47 Å². The number of allylic oxidation sites excluding steroid dienone is 1. The predicted molar refractivity (Wildman–Crippen MR) is 120 cm³/mol. The lowest BCUT2D eigenvalue weighted by molar-refractivity contribution is 0.101. The van der Waals surface area contributed by atoms with Gasteiger partial charge in [0.2, 0.25) is 5.78 Å². The topological polar surface area (TPSA) is 35.5 Å². The van der Waals surface area contributed by atoms with Crippen LogP contribution in [0.4, 0.5) is 4.39 Å². The molecular formula is C27H25FO3. The summed E-state index contributed by atoms with van der Waals surface area (Å²) in [6.45, 7) is 8.67. The number of fused-ring (bicyclic) bond motifs is 1. The van der Waals surface area contributed by atoms with Gasteiger partial charge in [0, 0.05) is 6.07 Å². The Morgan fingerprint density at radius 3 is 2.32 bits per heavy atom. The number of hydrogen-bond acceptors (Lipinski definition) is 3. The molecule has 158 valence electrons. The Morgan fingerprint density at radius 2 is 1.68 bits per heavy atom. The maximum atomic E-state index is 13.1. The summed E-state index contributed by atoms with van der Waals surface area (Å²) < 4.78 is 24.8. The predicted octanol–water partition coefficient (Wildman–Crippen LogP) is 6.63. The van der Waals surface area contributed by atoms with Crippen molar-refractivity contribution in [1.29, 1.82) is 0 Å². The van der Waals surface area contributed by atoms with Crippen LogP contribution in [0.5, 0.6) is 11.5 Å². The molecule has 0 fully saturated rings. The molecule has 0 atom stereocenters. The third-order valence-electron chi connectivity index (χ3n) is 5.34. The highest BCUT2D eigenvalue weighted by atomic mass is 19.1. The van der Waals surface area contributed by atoms with E-state index in [1.54, 1.807) is 24.3 Å². The van der Waals surface area contributed by atoms with Gasteiger partial charge in [-0.1, -0.05) is 57.2 Å². The summed E-state index contributed by atoms with van der Waals surface area (Å²) >= 11 is 0. The number of carbonyl (C=O) groups is 1. The average Bonchev–Trinajstić information content (AvgIpc) is 3.03. The summed E-state index contributed by atoms with van der Waals surface area (Å²) in [6.07, 6.45) is 1.77. The molecule has 3 aromatic rings. The molecule has 0 amide bonds. The molecule has 3 nitrogen and oxygen atoms in total. The summed E-state index contributed by atoms with van der Waals surface area (Å²) in [5, 5.41) is 0. The Morgan fingerprint density at radius 1 is 1.00 bits per heavy atom. The molecular weight excluding hydrogens is 391 g/mol. The first kappa shape index (κ1) is 20.9. The van der Waals surface area contributed by atoms with Gasteiger partial charge in [-0.15, -0.1) is 0 Å². The molecule has 0 unspecified atom stereocenters. The van der Waals surface area contributed by atoms with E-state index in [0.29, 0.717) is 29.4 Å². The molecule has 1 heterocycles. The molecule has 4 rings (SSSR count). The number of aryl methyl sites for hydroxylation is 1. The summed E-state index contributed by atoms with van der Waals surface area (Å²) in [5.74, 6) is 0.993. The van der Waals surface area contributed by atoms with Crippen molar-refractivity contribution < 1.29 is 18.7 Å². The summed E-state index contributed by atoms with van der Waals surface area (Å²) in [7, 11) is 0. The van der Waals surface area contributed by atoms with Crippen LogP contribution in [0.2, 0.25) is 0 Å². The highest BCUT2D eigenvalue weighted by molar-refractivity contribution is 6.15. The number of halogens is 1. The largest absolute Gasteiger partial charge is 0.489 e.